The van der Waals surface area contributed by atoms with Gasteiger partial charge >= 0.3 is 0 Å². The van der Waals surface area contributed by atoms with Crippen molar-refractivity contribution in [3.8, 4) is 0 Å². The smallest absolute Gasteiger partial charge is 0.0442 e. The van der Waals surface area contributed by atoms with Crippen molar-refractivity contribution in [3.63, 3.8) is 0 Å². The zero-order valence-electron chi connectivity index (χ0n) is 12.6. The standard InChI is InChI=1S/C16H27N.HI/c1-7-16(13(2)3,14(4)5)17(6)15-11-9-8-10-12-15;/h8-14H,7H2,1-6H3;1H. The molecule has 0 atom stereocenters. The number of rotatable bonds is 5. The van der Waals surface area contributed by atoms with Gasteiger partial charge in [-0.1, -0.05) is 52.8 Å². The Morgan fingerprint density at radius 2 is 1.44 bits per heavy atom. The van der Waals surface area contributed by atoms with Crippen molar-refractivity contribution in [2.24, 2.45) is 11.8 Å². The summed E-state index contributed by atoms with van der Waals surface area (Å²) in [6, 6.07) is 10.7. The monoisotopic (exact) mass is 361 g/mol. The fourth-order valence-electron chi connectivity index (χ4n) is 3.39. The van der Waals surface area contributed by atoms with E-state index < -0.39 is 0 Å². The molecule has 0 heterocycles. The van der Waals surface area contributed by atoms with Crippen LogP contribution in [-0.4, -0.2) is 12.6 Å². The van der Waals surface area contributed by atoms with E-state index in [0.717, 1.165) is 0 Å². The Bertz CT molecular complexity index is 324. The van der Waals surface area contributed by atoms with Gasteiger partial charge in [-0.15, -0.1) is 24.0 Å². The van der Waals surface area contributed by atoms with E-state index in [1.165, 1.54) is 12.1 Å². The first-order valence-corrected chi connectivity index (χ1v) is 6.75. The van der Waals surface area contributed by atoms with Crippen molar-refractivity contribution in [2.45, 2.75) is 46.6 Å². The van der Waals surface area contributed by atoms with E-state index in [1.807, 2.05) is 0 Å². The van der Waals surface area contributed by atoms with Crippen LogP contribution in [0.15, 0.2) is 30.3 Å². The van der Waals surface area contributed by atoms with Crippen LogP contribution in [0.5, 0.6) is 0 Å². The predicted molar refractivity (Wildman–Crippen MR) is 93.0 cm³/mol. The molecule has 0 amide bonds. The van der Waals surface area contributed by atoms with Gasteiger partial charge in [0.2, 0.25) is 0 Å². The Balaban J connectivity index is 0.00000289. The van der Waals surface area contributed by atoms with Crippen LogP contribution in [0.1, 0.15) is 41.0 Å². The van der Waals surface area contributed by atoms with Crippen molar-refractivity contribution < 1.29 is 0 Å². The van der Waals surface area contributed by atoms with Crippen molar-refractivity contribution >= 4 is 29.7 Å². The maximum absolute atomic E-state index is 2.47. The van der Waals surface area contributed by atoms with Gasteiger partial charge in [-0.2, -0.15) is 0 Å². The lowest BCUT2D eigenvalue weighted by molar-refractivity contribution is 0.206. The summed E-state index contributed by atoms with van der Waals surface area (Å²) in [5.74, 6) is 1.27. The predicted octanol–water partition coefficient (Wildman–Crippen LogP) is 5.20. The molecule has 104 valence electrons. The molecule has 0 bridgehead atoms. The molecule has 0 aliphatic carbocycles. The molecule has 0 N–H and O–H groups in total. The number of hydrogen-bond donors (Lipinski definition) is 0. The van der Waals surface area contributed by atoms with Crippen molar-refractivity contribution in [1.82, 2.24) is 0 Å². The third-order valence-corrected chi connectivity index (χ3v) is 4.33. The van der Waals surface area contributed by atoms with Crippen molar-refractivity contribution in [3.05, 3.63) is 30.3 Å². The van der Waals surface area contributed by atoms with E-state index in [0.29, 0.717) is 11.8 Å². The maximum atomic E-state index is 2.47. The van der Waals surface area contributed by atoms with Crippen molar-refractivity contribution in [2.75, 3.05) is 11.9 Å². The lowest BCUT2D eigenvalue weighted by atomic mass is 9.73. The number of hydrogen-bond acceptors (Lipinski definition) is 1. The summed E-state index contributed by atoms with van der Waals surface area (Å²) in [6.07, 6.45) is 1.17. The molecule has 0 spiro atoms. The van der Waals surface area contributed by atoms with Crippen LogP contribution in [0.2, 0.25) is 0 Å². The van der Waals surface area contributed by atoms with E-state index in [4.69, 9.17) is 0 Å². The molecule has 0 radical (unpaired) electrons. The second-order valence-electron chi connectivity index (χ2n) is 5.55. The van der Waals surface area contributed by atoms with Gasteiger partial charge in [-0.3, -0.25) is 0 Å². The molecular weight excluding hydrogens is 333 g/mol. The zero-order chi connectivity index (χ0) is 13.1. The minimum atomic E-state index is 0. The molecule has 1 aromatic rings. The van der Waals surface area contributed by atoms with E-state index in [1.54, 1.807) is 0 Å². The van der Waals surface area contributed by atoms with Crippen LogP contribution in [0.25, 0.3) is 0 Å². The van der Waals surface area contributed by atoms with Gasteiger partial charge in [-0.05, 0) is 30.4 Å². The maximum Gasteiger partial charge on any atom is 0.0442 e. The Morgan fingerprint density at radius 1 is 1.00 bits per heavy atom. The van der Waals surface area contributed by atoms with Crippen LogP contribution in [0.3, 0.4) is 0 Å². The fraction of sp³-hybridized carbons (Fsp3) is 0.625. The van der Waals surface area contributed by atoms with Gasteiger partial charge in [0.05, 0.1) is 0 Å². The first-order chi connectivity index (χ1) is 7.96. The summed E-state index contributed by atoms with van der Waals surface area (Å²) >= 11 is 0. The summed E-state index contributed by atoms with van der Waals surface area (Å²) < 4.78 is 0. The second-order valence-corrected chi connectivity index (χ2v) is 5.55. The molecule has 0 aliphatic heterocycles. The molecule has 1 aromatic carbocycles. The highest BCUT2D eigenvalue weighted by atomic mass is 127. The molecule has 2 heteroatoms. The average Bonchev–Trinajstić information content (AvgIpc) is 2.30. The topological polar surface area (TPSA) is 3.24 Å². The van der Waals surface area contributed by atoms with Gasteiger partial charge < -0.3 is 4.90 Å². The van der Waals surface area contributed by atoms with E-state index in [9.17, 15) is 0 Å². The lowest BCUT2D eigenvalue weighted by Crippen LogP contribution is -2.54. The molecule has 1 rings (SSSR count). The second kappa shape index (κ2) is 7.37. The normalized spacial score (nSPS) is 11.6. The Morgan fingerprint density at radius 3 is 1.78 bits per heavy atom. The molecule has 18 heavy (non-hydrogen) atoms. The average molecular weight is 361 g/mol. The van der Waals surface area contributed by atoms with Crippen LogP contribution in [-0.2, 0) is 0 Å². The number of nitrogens with zero attached hydrogens (tertiary/aromatic N) is 1. The molecule has 0 aromatic heterocycles. The first kappa shape index (κ1) is 17.8. The third-order valence-electron chi connectivity index (χ3n) is 4.33. The summed E-state index contributed by atoms with van der Waals surface area (Å²) in [4.78, 5) is 2.47. The van der Waals surface area contributed by atoms with Gasteiger partial charge in [0.15, 0.2) is 0 Å². The third kappa shape index (κ3) is 3.19. The molecule has 1 nitrogen and oxygen atoms in total. The van der Waals surface area contributed by atoms with E-state index >= 15 is 0 Å². The molecular formula is C16H28IN. The number of anilines is 1. The van der Waals surface area contributed by atoms with E-state index in [-0.39, 0.29) is 29.5 Å². The summed E-state index contributed by atoms with van der Waals surface area (Å²) in [7, 11) is 2.23. The quantitative estimate of drug-likeness (QED) is 0.652. The first-order valence-electron chi connectivity index (χ1n) is 6.75. The molecule has 0 saturated carbocycles. The number of para-hydroxylation sites is 1. The number of halogens is 1. The highest BCUT2D eigenvalue weighted by molar-refractivity contribution is 14.0. The lowest BCUT2D eigenvalue weighted by Gasteiger charge is -2.49. The van der Waals surface area contributed by atoms with Gasteiger partial charge in [0.25, 0.3) is 0 Å². The minimum Gasteiger partial charge on any atom is -0.368 e. The summed E-state index contributed by atoms with van der Waals surface area (Å²) in [6.45, 7) is 11.6. The Hall–Kier alpha value is -0.250. The van der Waals surface area contributed by atoms with Gasteiger partial charge in [0.1, 0.15) is 0 Å². The molecule has 0 fully saturated rings. The Labute approximate surface area is 130 Å². The molecule has 0 aliphatic rings. The largest absolute Gasteiger partial charge is 0.368 e. The highest BCUT2D eigenvalue weighted by Crippen LogP contribution is 2.37. The SMILES string of the molecule is CCC(C(C)C)(C(C)C)N(C)c1ccccc1.I. The molecule has 0 unspecified atom stereocenters. The van der Waals surface area contributed by atoms with Crippen LogP contribution >= 0.6 is 24.0 Å². The van der Waals surface area contributed by atoms with Gasteiger partial charge in [-0.25, -0.2) is 0 Å². The number of benzene rings is 1. The summed E-state index contributed by atoms with van der Waals surface area (Å²) in [5.41, 5.74) is 1.55. The Kier molecular flexibility index (Phi) is 7.26. The fourth-order valence-corrected chi connectivity index (χ4v) is 3.39. The van der Waals surface area contributed by atoms with Crippen LogP contribution in [0, 0.1) is 11.8 Å². The molecule has 0 saturated heterocycles. The zero-order valence-corrected chi connectivity index (χ0v) is 14.9. The van der Waals surface area contributed by atoms with Crippen LogP contribution in [0.4, 0.5) is 5.69 Å². The highest BCUT2D eigenvalue weighted by Gasteiger charge is 2.39. The minimum absolute atomic E-state index is 0. The summed E-state index contributed by atoms with van der Waals surface area (Å²) in [5, 5.41) is 0. The van der Waals surface area contributed by atoms with Gasteiger partial charge in [0, 0.05) is 18.3 Å². The van der Waals surface area contributed by atoms with E-state index in [2.05, 4.69) is 76.9 Å². The van der Waals surface area contributed by atoms with Crippen molar-refractivity contribution in [1.29, 1.82) is 0 Å². The van der Waals surface area contributed by atoms with Crippen LogP contribution < -0.4 is 4.90 Å².